The van der Waals surface area contributed by atoms with Crippen LogP contribution in [0.5, 0.6) is 5.75 Å². The lowest BCUT2D eigenvalue weighted by Crippen LogP contribution is -2.26. The van der Waals surface area contributed by atoms with E-state index in [1.54, 1.807) is 28.0 Å². The van der Waals surface area contributed by atoms with Gasteiger partial charge in [0.2, 0.25) is 0 Å². The van der Waals surface area contributed by atoms with Crippen molar-refractivity contribution in [3.05, 3.63) is 56.7 Å². The van der Waals surface area contributed by atoms with Crippen LogP contribution in [-0.2, 0) is 19.4 Å². The topological polar surface area (TPSA) is 44.1 Å². The lowest BCUT2D eigenvalue weighted by atomic mass is 10.2. The molecule has 0 fully saturated rings. The molecule has 6 heteroatoms. The number of fused-ring (bicyclic) bond motifs is 3. The number of hydrogen-bond donors (Lipinski definition) is 0. The first kappa shape index (κ1) is 15.3. The second kappa shape index (κ2) is 6.02. The predicted molar refractivity (Wildman–Crippen MR) is 92.5 cm³/mol. The highest BCUT2D eigenvalue weighted by Gasteiger charge is 2.22. The van der Waals surface area contributed by atoms with Gasteiger partial charge < -0.3 is 4.74 Å². The highest BCUT2D eigenvalue weighted by molar-refractivity contribution is 7.18. The molecular weight excluding hydrogens is 327 g/mol. The third-order valence-electron chi connectivity index (χ3n) is 4.41. The van der Waals surface area contributed by atoms with Crippen molar-refractivity contribution in [1.29, 1.82) is 0 Å². The summed E-state index contributed by atoms with van der Waals surface area (Å²) in [5, 5.41) is 0.792. The summed E-state index contributed by atoms with van der Waals surface area (Å²) in [7, 11) is 0. The van der Waals surface area contributed by atoms with Crippen molar-refractivity contribution in [2.75, 3.05) is 6.61 Å². The highest BCUT2D eigenvalue weighted by atomic mass is 32.1. The Labute approximate surface area is 142 Å². The zero-order valence-corrected chi connectivity index (χ0v) is 14.2. The van der Waals surface area contributed by atoms with Gasteiger partial charge >= 0.3 is 0 Å². The van der Waals surface area contributed by atoms with Crippen molar-refractivity contribution in [2.24, 2.45) is 0 Å². The van der Waals surface area contributed by atoms with E-state index in [1.165, 1.54) is 22.6 Å². The highest BCUT2D eigenvalue weighted by Crippen LogP contribution is 2.34. The molecule has 124 valence electrons. The van der Waals surface area contributed by atoms with Gasteiger partial charge in [-0.25, -0.2) is 9.37 Å². The van der Waals surface area contributed by atoms with E-state index in [-0.39, 0.29) is 11.4 Å². The van der Waals surface area contributed by atoms with E-state index in [4.69, 9.17) is 4.74 Å². The molecule has 2 aromatic heterocycles. The molecule has 24 heavy (non-hydrogen) atoms. The van der Waals surface area contributed by atoms with Gasteiger partial charge in [-0.05, 0) is 56.0 Å². The van der Waals surface area contributed by atoms with E-state index in [2.05, 4.69) is 4.98 Å². The molecular formula is C18H17FN2O2S. The summed E-state index contributed by atoms with van der Waals surface area (Å²) in [6.45, 7) is 2.62. The Bertz CT molecular complexity index is 960. The van der Waals surface area contributed by atoms with E-state index in [0.29, 0.717) is 24.7 Å². The largest absolute Gasteiger partial charge is 0.492 e. The molecule has 0 amide bonds. The molecule has 1 aliphatic rings. The van der Waals surface area contributed by atoms with Crippen LogP contribution >= 0.6 is 11.3 Å². The lowest BCUT2D eigenvalue weighted by molar-refractivity contribution is 0.294. The summed E-state index contributed by atoms with van der Waals surface area (Å²) >= 11 is 1.65. The van der Waals surface area contributed by atoms with Gasteiger partial charge in [0.15, 0.2) is 0 Å². The van der Waals surface area contributed by atoms with Crippen molar-refractivity contribution < 1.29 is 9.13 Å². The van der Waals surface area contributed by atoms with Crippen molar-refractivity contribution in [3.8, 4) is 5.75 Å². The summed E-state index contributed by atoms with van der Waals surface area (Å²) in [5.74, 6) is 0.998. The fraction of sp³-hybridized carbons (Fsp3) is 0.333. The van der Waals surface area contributed by atoms with Crippen LogP contribution in [0.4, 0.5) is 4.39 Å². The summed E-state index contributed by atoms with van der Waals surface area (Å²) in [4.78, 5) is 19.7. The van der Waals surface area contributed by atoms with Gasteiger partial charge in [0.1, 0.15) is 28.8 Å². The minimum absolute atomic E-state index is 0.0274. The first-order valence-electron chi connectivity index (χ1n) is 8.03. The molecule has 0 radical (unpaired) electrons. The Morgan fingerprint density at radius 3 is 2.88 bits per heavy atom. The van der Waals surface area contributed by atoms with Gasteiger partial charge in [-0.15, -0.1) is 11.3 Å². The second-order valence-corrected chi connectivity index (χ2v) is 7.04. The number of aromatic nitrogens is 2. The van der Waals surface area contributed by atoms with Crippen LogP contribution in [0.15, 0.2) is 29.1 Å². The maximum absolute atomic E-state index is 12.9. The lowest BCUT2D eigenvalue weighted by Gasteiger charge is -2.11. The molecule has 0 unspecified atom stereocenters. The van der Waals surface area contributed by atoms with Gasteiger partial charge in [-0.3, -0.25) is 9.36 Å². The number of nitrogens with zero attached hydrogens (tertiary/aromatic N) is 2. The number of benzene rings is 1. The Hall–Kier alpha value is -2.21. The van der Waals surface area contributed by atoms with Crippen LogP contribution in [0.25, 0.3) is 10.2 Å². The SMILES string of the molecule is Cc1nc2sc3c(c2c(=O)n1CCOc1ccc(F)cc1)CCC3. The van der Waals surface area contributed by atoms with Crippen LogP contribution in [0.2, 0.25) is 0 Å². The Kier molecular flexibility index (Phi) is 3.84. The zero-order chi connectivity index (χ0) is 16.7. The molecule has 0 saturated heterocycles. The predicted octanol–water partition coefficient (Wildman–Crippen LogP) is 3.47. The summed E-state index contributed by atoms with van der Waals surface area (Å²) in [6.07, 6.45) is 3.15. The number of ether oxygens (including phenoxy) is 1. The molecule has 0 saturated carbocycles. The number of thiophene rings is 1. The fourth-order valence-electron chi connectivity index (χ4n) is 3.23. The number of aryl methyl sites for hydroxylation is 3. The molecule has 0 aliphatic heterocycles. The van der Waals surface area contributed by atoms with E-state index < -0.39 is 0 Å². The minimum atomic E-state index is -0.296. The van der Waals surface area contributed by atoms with Gasteiger partial charge in [0.25, 0.3) is 5.56 Å². The summed E-state index contributed by atoms with van der Waals surface area (Å²) < 4.78 is 20.2. The summed E-state index contributed by atoms with van der Waals surface area (Å²) in [5.41, 5.74) is 1.22. The standard InChI is InChI=1S/C18H17FN2O2S/c1-11-20-17-16(14-3-2-4-15(14)24-17)18(22)21(11)9-10-23-13-7-5-12(19)6-8-13/h5-8H,2-4,9-10H2,1H3. The number of halogens is 1. The van der Waals surface area contributed by atoms with Crippen molar-refractivity contribution in [2.45, 2.75) is 32.7 Å². The monoisotopic (exact) mass is 344 g/mol. The Balaban J connectivity index is 1.59. The average Bonchev–Trinajstić information content (AvgIpc) is 3.12. The average molecular weight is 344 g/mol. The minimum Gasteiger partial charge on any atom is -0.492 e. The molecule has 0 spiro atoms. The molecule has 0 N–H and O–H groups in total. The molecule has 4 rings (SSSR count). The molecule has 1 aliphatic carbocycles. The normalized spacial score (nSPS) is 13.4. The molecule has 0 atom stereocenters. The first-order chi connectivity index (χ1) is 11.6. The fourth-order valence-corrected chi connectivity index (χ4v) is 4.52. The maximum atomic E-state index is 12.9. The van der Waals surface area contributed by atoms with Crippen molar-refractivity contribution in [3.63, 3.8) is 0 Å². The zero-order valence-electron chi connectivity index (χ0n) is 13.3. The maximum Gasteiger partial charge on any atom is 0.262 e. The second-order valence-electron chi connectivity index (χ2n) is 5.96. The van der Waals surface area contributed by atoms with Gasteiger partial charge in [0, 0.05) is 4.88 Å². The van der Waals surface area contributed by atoms with Gasteiger partial charge in [-0.1, -0.05) is 0 Å². The van der Waals surface area contributed by atoms with E-state index in [1.807, 2.05) is 6.92 Å². The molecule has 3 aromatic rings. The van der Waals surface area contributed by atoms with Crippen LogP contribution in [0.3, 0.4) is 0 Å². The molecule has 2 heterocycles. The van der Waals surface area contributed by atoms with Crippen molar-refractivity contribution in [1.82, 2.24) is 9.55 Å². The number of rotatable bonds is 4. The Morgan fingerprint density at radius 2 is 2.08 bits per heavy atom. The van der Waals surface area contributed by atoms with Crippen LogP contribution in [0, 0.1) is 12.7 Å². The van der Waals surface area contributed by atoms with E-state index in [0.717, 1.165) is 29.5 Å². The smallest absolute Gasteiger partial charge is 0.262 e. The third kappa shape index (κ3) is 2.60. The van der Waals surface area contributed by atoms with Crippen LogP contribution in [-0.4, -0.2) is 16.2 Å². The first-order valence-corrected chi connectivity index (χ1v) is 8.85. The third-order valence-corrected chi connectivity index (χ3v) is 5.60. The molecule has 0 bridgehead atoms. The quantitative estimate of drug-likeness (QED) is 0.728. The Morgan fingerprint density at radius 1 is 1.29 bits per heavy atom. The van der Waals surface area contributed by atoms with E-state index >= 15 is 0 Å². The molecule has 1 aromatic carbocycles. The van der Waals surface area contributed by atoms with E-state index in [9.17, 15) is 9.18 Å². The van der Waals surface area contributed by atoms with Crippen LogP contribution in [0.1, 0.15) is 22.7 Å². The number of hydrogen-bond acceptors (Lipinski definition) is 4. The van der Waals surface area contributed by atoms with Gasteiger partial charge in [-0.2, -0.15) is 0 Å². The molecule has 4 nitrogen and oxygen atoms in total. The van der Waals surface area contributed by atoms with Crippen LogP contribution < -0.4 is 10.3 Å². The van der Waals surface area contributed by atoms with Crippen molar-refractivity contribution >= 4 is 21.6 Å². The summed E-state index contributed by atoms with van der Waals surface area (Å²) in [6, 6.07) is 5.88. The van der Waals surface area contributed by atoms with Gasteiger partial charge in [0.05, 0.1) is 11.9 Å².